The van der Waals surface area contributed by atoms with Crippen LogP contribution in [0.2, 0.25) is 0 Å². The largest absolute Gasteiger partial charge is 0.488 e. The Morgan fingerprint density at radius 1 is 0.900 bits per heavy atom. The highest BCUT2D eigenvalue weighted by Gasteiger charge is 2.08. The molecule has 2 rings (SSSR count). The highest BCUT2D eigenvalue weighted by atomic mass is 32.3. The molecule has 4 nitrogen and oxygen atoms in total. The summed E-state index contributed by atoms with van der Waals surface area (Å²) in [7, 11) is -4.98. The van der Waals surface area contributed by atoms with Crippen LogP contribution in [0.1, 0.15) is 11.1 Å². The molecule has 0 heterocycles. The fourth-order valence-corrected chi connectivity index (χ4v) is 1.89. The standard InChI is InChI=1S/C14H12FNO3S/c15-20(17,18)19-14-9-5-12(6-10-14)2-1-11-3-7-13(16)8-4-11/h1-10H,16H2/b2-1+. The Kier molecular flexibility index (Phi) is 4.05. The van der Waals surface area contributed by atoms with Crippen LogP contribution < -0.4 is 9.92 Å². The monoisotopic (exact) mass is 293 g/mol. The van der Waals surface area contributed by atoms with E-state index in [-0.39, 0.29) is 5.75 Å². The van der Waals surface area contributed by atoms with Gasteiger partial charge in [0.15, 0.2) is 0 Å². The van der Waals surface area contributed by atoms with Crippen molar-refractivity contribution in [2.24, 2.45) is 0 Å². The van der Waals surface area contributed by atoms with Crippen LogP contribution in [0.5, 0.6) is 5.75 Å². The highest BCUT2D eigenvalue weighted by molar-refractivity contribution is 7.81. The molecule has 20 heavy (non-hydrogen) atoms. The summed E-state index contributed by atoms with van der Waals surface area (Å²) in [6, 6.07) is 13.3. The molecule has 0 saturated heterocycles. The van der Waals surface area contributed by atoms with Crippen molar-refractivity contribution < 1.29 is 16.5 Å². The van der Waals surface area contributed by atoms with Crippen LogP contribution in [-0.2, 0) is 10.5 Å². The molecular formula is C14H12FNO3S. The van der Waals surface area contributed by atoms with Gasteiger partial charge in [0.25, 0.3) is 0 Å². The first-order valence-corrected chi connectivity index (χ1v) is 7.01. The summed E-state index contributed by atoms with van der Waals surface area (Å²) in [5.74, 6) is -0.0721. The molecule has 0 bridgehead atoms. The number of hydrogen-bond donors (Lipinski definition) is 1. The smallest absolute Gasteiger partial charge is 0.399 e. The molecule has 6 heteroatoms. The second kappa shape index (κ2) is 5.75. The van der Waals surface area contributed by atoms with Crippen LogP contribution in [0, 0.1) is 0 Å². The summed E-state index contributed by atoms with van der Waals surface area (Å²) in [6.07, 6.45) is 3.71. The van der Waals surface area contributed by atoms with Crippen molar-refractivity contribution >= 4 is 28.3 Å². The van der Waals surface area contributed by atoms with E-state index in [1.54, 1.807) is 24.3 Å². The zero-order valence-corrected chi connectivity index (χ0v) is 11.2. The van der Waals surface area contributed by atoms with E-state index in [1.165, 1.54) is 12.1 Å². The minimum Gasteiger partial charge on any atom is -0.399 e. The van der Waals surface area contributed by atoms with Gasteiger partial charge in [0.2, 0.25) is 0 Å². The van der Waals surface area contributed by atoms with E-state index < -0.39 is 10.5 Å². The topological polar surface area (TPSA) is 69.4 Å². The normalized spacial score (nSPS) is 11.7. The Morgan fingerprint density at radius 3 is 1.80 bits per heavy atom. The van der Waals surface area contributed by atoms with Crippen LogP contribution in [0.4, 0.5) is 9.57 Å². The Labute approximate surface area is 116 Å². The lowest BCUT2D eigenvalue weighted by atomic mass is 10.1. The summed E-state index contributed by atoms with van der Waals surface area (Å²) < 4.78 is 37.0. The van der Waals surface area contributed by atoms with E-state index in [0.29, 0.717) is 5.69 Å². The van der Waals surface area contributed by atoms with Crippen molar-refractivity contribution in [1.29, 1.82) is 0 Å². The van der Waals surface area contributed by atoms with Gasteiger partial charge in [-0.05, 0) is 35.4 Å². The number of nitrogens with two attached hydrogens (primary N) is 1. The van der Waals surface area contributed by atoms with Crippen molar-refractivity contribution in [3.63, 3.8) is 0 Å². The number of anilines is 1. The second-order valence-corrected chi connectivity index (χ2v) is 5.00. The van der Waals surface area contributed by atoms with Crippen molar-refractivity contribution in [1.82, 2.24) is 0 Å². The van der Waals surface area contributed by atoms with E-state index in [2.05, 4.69) is 4.18 Å². The van der Waals surface area contributed by atoms with Crippen LogP contribution in [0.15, 0.2) is 48.5 Å². The molecule has 2 aromatic carbocycles. The summed E-state index contributed by atoms with van der Waals surface area (Å²) in [5, 5.41) is 0. The number of rotatable bonds is 4. The first-order valence-electron chi connectivity index (χ1n) is 5.70. The van der Waals surface area contributed by atoms with Crippen molar-refractivity contribution in [3.8, 4) is 5.75 Å². The lowest BCUT2D eigenvalue weighted by molar-refractivity contribution is 0.440. The third kappa shape index (κ3) is 4.40. The molecule has 0 fully saturated rings. The Morgan fingerprint density at radius 2 is 1.35 bits per heavy atom. The Hall–Kier alpha value is -2.34. The quantitative estimate of drug-likeness (QED) is 0.534. The summed E-state index contributed by atoms with van der Waals surface area (Å²) in [6.45, 7) is 0. The van der Waals surface area contributed by atoms with Gasteiger partial charge in [0.1, 0.15) is 5.75 Å². The average Bonchev–Trinajstić information content (AvgIpc) is 2.38. The van der Waals surface area contributed by atoms with E-state index >= 15 is 0 Å². The molecule has 0 atom stereocenters. The van der Waals surface area contributed by atoms with Gasteiger partial charge < -0.3 is 9.92 Å². The minimum absolute atomic E-state index is 0.0721. The molecule has 0 radical (unpaired) electrons. The Bertz CT molecular complexity index is 707. The second-order valence-electron chi connectivity index (χ2n) is 4.05. The van der Waals surface area contributed by atoms with Crippen LogP contribution in [0.25, 0.3) is 12.2 Å². The zero-order valence-electron chi connectivity index (χ0n) is 10.4. The van der Waals surface area contributed by atoms with Gasteiger partial charge in [-0.15, -0.1) is 0 Å². The predicted octanol–water partition coefficient (Wildman–Crippen LogP) is 3.03. The van der Waals surface area contributed by atoms with Crippen LogP contribution >= 0.6 is 0 Å². The molecule has 0 aliphatic carbocycles. The van der Waals surface area contributed by atoms with E-state index in [4.69, 9.17) is 5.73 Å². The predicted molar refractivity (Wildman–Crippen MR) is 76.9 cm³/mol. The third-order valence-corrected chi connectivity index (χ3v) is 2.87. The van der Waals surface area contributed by atoms with Crippen LogP contribution in [0.3, 0.4) is 0 Å². The summed E-state index contributed by atoms with van der Waals surface area (Å²) in [5.41, 5.74) is 8.08. The summed E-state index contributed by atoms with van der Waals surface area (Å²) in [4.78, 5) is 0. The van der Waals surface area contributed by atoms with Gasteiger partial charge in [0.05, 0.1) is 0 Å². The minimum atomic E-state index is -4.98. The van der Waals surface area contributed by atoms with E-state index in [9.17, 15) is 12.3 Å². The highest BCUT2D eigenvalue weighted by Crippen LogP contribution is 2.17. The number of hydrogen-bond acceptors (Lipinski definition) is 4. The molecule has 104 valence electrons. The SMILES string of the molecule is Nc1ccc(/C=C/c2ccc(OS(=O)(=O)F)cc2)cc1. The van der Waals surface area contributed by atoms with E-state index in [1.807, 2.05) is 24.3 Å². The van der Waals surface area contributed by atoms with Crippen molar-refractivity contribution in [3.05, 3.63) is 59.7 Å². The maximum Gasteiger partial charge on any atom is 0.488 e. The first kappa shape index (κ1) is 14.1. The average molecular weight is 293 g/mol. The molecule has 0 amide bonds. The van der Waals surface area contributed by atoms with Gasteiger partial charge in [-0.3, -0.25) is 0 Å². The number of halogens is 1. The molecule has 0 saturated carbocycles. The van der Waals surface area contributed by atoms with Gasteiger partial charge in [0, 0.05) is 5.69 Å². The van der Waals surface area contributed by atoms with Crippen molar-refractivity contribution in [2.75, 3.05) is 5.73 Å². The fraction of sp³-hybridized carbons (Fsp3) is 0. The maximum absolute atomic E-state index is 12.3. The van der Waals surface area contributed by atoms with Gasteiger partial charge in [-0.1, -0.05) is 40.3 Å². The summed E-state index contributed by atoms with van der Waals surface area (Å²) >= 11 is 0. The van der Waals surface area contributed by atoms with Gasteiger partial charge >= 0.3 is 10.5 Å². The van der Waals surface area contributed by atoms with Crippen molar-refractivity contribution in [2.45, 2.75) is 0 Å². The lowest BCUT2D eigenvalue weighted by Crippen LogP contribution is -2.00. The maximum atomic E-state index is 12.3. The molecular weight excluding hydrogens is 281 g/mol. The zero-order chi connectivity index (χ0) is 14.6. The molecule has 0 aliphatic heterocycles. The third-order valence-electron chi connectivity index (χ3n) is 2.48. The number of nitrogen functional groups attached to an aromatic ring is 1. The first-order chi connectivity index (χ1) is 9.42. The molecule has 2 aromatic rings. The lowest BCUT2D eigenvalue weighted by Gasteiger charge is -2.00. The molecule has 2 N–H and O–H groups in total. The Balaban J connectivity index is 2.09. The molecule has 0 aromatic heterocycles. The van der Waals surface area contributed by atoms with Gasteiger partial charge in [-0.2, -0.15) is 8.42 Å². The van der Waals surface area contributed by atoms with Gasteiger partial charge in [-0.25, -0.2) is 0 Å². The van der Waals surface area contributed by atoms with E-state index in [0.717, 1.165) is 11.1 Å². The molecule has 0 aliphatic rings. The molecule has 0 spiro atoms. The fourth-order valence-electron chi connectivity index (χ4n) is 1.55. The number of benzene rings is 2. The molecule has 0 unspecified atom stereocenters. The van der Waals surface area contributed by atoms with Crippen LogP contribution in [-0.4, -0.2) is 8.42 Å².